The van der Waals surface area contributed by atoms with Crippen molar-refractivity contribution < 1.29 is 28.7 Å². The molecule has 0 atom stereocenters. The third-order valence-corrected chi connectivity index (χ3v) is 3.34. The van der Waals surface area contributed by atoms with Crippen LogP contribution in [0.15, 0.2) is 18.2 Å². The molecule has 0 aliphatic heterocycles. The number of benzene rings is 1. The molecular formula is C19H29NO7. The predicted molar refractivity (Wildman–Crippen MR) is 100 cm³/mol. The topological polar surface area (TPSA) is 97.1 Å². The van der Waals surface area contributed by atoms with Gasteiger partial charge in [-0.15, -0.1) is 0 Å². The van der Waals surface area contributed by atoms with Gasteiger partial charge in [-0.05, 0) is 26.8 Å². The van der Waals surface area contributed by atoms with E-state index in [-0.39, 0.29) is 35.8 Å². The van der Waals surface area contributed by atoms with E-state index in [2.05, 4.69) is 0 Å². The lowest BCUT2D eigenvalue weighted by Crippen LogP contribution is -2.28. The number of nitro benzene ring substituents is 1. The van der Waals surface area contributed by atoms with Gasteiger partial charge in [-0.2, -0.15) is 0 Å². The van der Waals surface area contributed by atoms with Crippen LogP contribution < -0.4 is 9.47 Å². The van der Waals surface area contributed by atoms with Crippen LogP contribution in [0.5, 0.6) is 11.5 Å². The van der Waals surface area contributed by atoms with Gasteiger partial charge in [-0.3, -0.25) is 14.9 Å². The highest BCUT2D eigenvalue weighted by Gasteiger charge is 2.22. The van der Waals surface area contributed by atoms with E-state index in [0.29, 0.717) is 19.0 Å². The lowest BCUT2D eigenvalue weighted by atomic mass is 9.96. The van der Waals surface area contributed by atoms with Crippen LogP contribution in [0.4, 0.5) is 5.69 Å². The van der Waals surface area contributed by atoms with Crippen molar-refractivity contribution in [1.82, 2.24) is 0 Å². The minimum absolute atomic E-state index is 0.116. The van der Waals surface area contributed by atoms with E-state index in [0.717, 1.165) is 0 Å². The third kappa shape index (κ3) is 8.72. The average Bonchev–Trinajstić information content (AvgIpc) is 2.55. The van der Waals surface area contributed by atoms with Crippen LogP contribution in [0.25, 0.3) is 0 Å². The Hall–Kier alpha value is -2.35. The molecule has 27 heavy (non-hydrogen) atoms. The summed E-state index contributed by atoms with van der Waals surface area (Å²) in [7, 11) is 1.37. The maximum Gasteiger partial charge on any atom is 0.311 e. The van der Waals surface area contributed by atoms with Crippen LogP contribution in [0.1, 0.15) is 41.0 Å². The van der Waals surface area contributed by atoms with Crippen molar-refractivity contribution in [3.63, 3.8) is 0 Å². The monoisotopic (exact) mass is 383 g/mol. The van der Waals surface area contributed by atoms with Gasteiger partial charge in [-0.25, -0.2) is 0 Å². The van der Waals surface area contributed by atoms with Gasteiger partial charge >= 0.3 is 11.7 Å². The summed E-state index contributed by atoms with van der Waals surface area (Å²) in [6.45, 7) is 10.4. The summed E-state index contributed by atoms with van der Waals surface area (Å²) in [6.07, 6.45) is 0.188. The molecule has 1 aromatic rings. The number of nitro groups is 1. The molecule has 1 rings (SSSR count). The summed E-state index contributed by atoms with van der Waals surface area (Å²) in [5, 5.41) is 10.9. The Morgan fingerprint density at radius 3 is 2.37 bits per heavy atom. The molecule has 8 nitrogen and oxygen atoms in total. The number of hydrogen-bond acceptors (Lipinski definition) is 7. The largest absolute Gasteiger partial charge is 0.493 e. The predicted octanol–water partition coefficient (Wildman–Crippen LogP) is 3.76. The maximum atomic E-state index is 11.6. The van der Waals surface area contributed by atoms with E-state index in [1.54, 1.807) is 0 Å². The zero-order chi connectivity index (χ0) is 20.7. The molecule has 0 fully saturated rings. The van der Waals surface area contributed by atoms with Crippen molar-refractivity contribution in [2.45, 2.75) is 46.6 Å². The zero-order valence-corrected chi connectivity index (χ0v) is 16.9. The molecule has 152 valence electrons. The van der Waals surface area contributed by atoms with Crippen molar-refractivity contribution in [3.05, 3.63) is 28.3 Å². The summed E-state index contributed by atoms with van der Waals surface area (Å²) in [6, 6.07) is 4.36. The SMILES string of the molecule is COc1cc(OCC(C)(C)COCCC(=O)OC(C)(C)C)ccc1[N+](=O)[O-]. The Balaban J connectivity index is 2.45. The third-order valence-electron chi connectivity index (χ3n) is 3.34. The second-order valence-electron chi connectivity index (χ2n) is 7.93. The zero-order valence-electron chi connectivity index (χ0n) is 16.9. The van der Waals surface area contributed by atoms with Gasteiger partial charge < -0.3 is 18.9 Å². The molecule has 0 amide bonds. The van der Waals surface area contributed by atoms with Crippen LogP contribution in [0.2, 0.25) is 0 Å². The number of esters is 1. The summed E-state index contributed by atoms with van der Waals surface area (Å²) in [5.74, 6) is 0.317. The van der Waals surface area contributed by atoms with Gasteiger partial charge in [0, 0.05) is 17.5 Å². The smallest absolute Gasteiger partial charge is 0.311 e. The first kappa shape index (κ1) is 22.7. The molecule has 0 N–H and O–H groups in total. The van der Waals surface area contributed by atoms with E-state index >= 15 is 0 Å². The van der Waals surface area contributed by atoms with Crippen molar-refractivity contribution in [2.75, 3.05) is 26.9 Å². The van der Waals surface area contributed by atoms with Crippen molar-refractivity contribution >= 4 is 11.7 Å². The van der Waals surface area contributed by atoms with Crippen LogP contribution in [-0.4, -0.2) is 43.4 Å². The number of rotatable bonds is 10. The number of ether oxygens (including phenoxy) is 4. The molecular weight excluding hydrogens is 354 g/mol. The van der Waals surface area contributed by atoms with Crippen molar-refractivity contribution in [3.8, 4) is 11.5 Å². The van der Waals surface area contributed by atoms with E-state index in [1.807, 2.05) is 34.6 Å². The van der Waals surface area contributed by atoms with Gasteiger partial charge in [0.1, 0.15) is 11.4 Å². The van der Waals surface area contributed by atoms with Crippen LogP contribution in [0, 0.1) is 15.5 Å². The van der Waals surface area contributed by atoms with E-state index < -0.39 is 10.5 Å². The Kier molecular flexibility index (Phi) is 8.02. The Bertz CT molecular complexity index is 650. The molecule has 1 aromatic carbocycles. The minimum Gasteiger partial charge on any atom is -0.493 e. The number of hydrogen-bond donors (Lipinski definition) is 0. The Labute approximate surface area is 159 Å². The molecule has 0 saturated heterocycles. The van der Waals surface area contributed by atoms with Gasteiger partial charge in [0.15, 0.2) is 0 Å². The first-order valence-corrected chi connectivity index (χ1v) is 8.68. The Morgan fingerprint density at radius 2 is 1.81 bits per heavy atom. The second kappa shape index (κ2) is 9.55. The van der Waals surface area contributed by atoms with Gasteiger partial charge in [0.25, 0.3) is 0 Å². The van der Waals surface area contributed by atoms with Crippen LogP contribution in [0.3, 0.4) is 0 Å². The first-order chi connectivity index (χ1) is 12.4. The molecule has 0 unspecified atom stereocenters. The lowest BCUT2D eigenvalue weighted by molar-refractivity contribution is -0.385. The van der Waals surface area contributed by atoms with E-state index in [1.165, 1.54) is 25.3 Å². The molecule has 0 heterocycles. The number of methoxy groups -OCH3 is 1. The normalized spacial score (nSPS) is 11.8. The highest BCUT2D eigenvalue weighted by Crippen LogP contribution is 2.31. The molecule has 0 spiro atoms. The number of carbonyl (C=O) groups excluding carboxylic acids is 1. The first-order valence-electron chi connectivity index (χ1n) is 8.68. The lowest BCUT2D eigenvalue weighted by Gasteiger charge is -2.25. The molecule has 0 bridgehead atoms. The van der Waals surface area contributed by atoms with Gasteiger partial charge in [-0.1, -0.05) is 13.8 Å². The van der Waals surface area contributed by atoms with Gasteiger partial charge in [0.2, 0.25) is 5.75 Å². The fraction of sp³-hybridized carbons (Fsp3) is 0.632. The second-order valence-corrected chi connectivity index (χ2v) is 7.93. The molecule has 0 saturated carbocycles. The molecule has 0 aliphatic rings. The Morgan fingerprint density at radius 1 is 1.15 bits per heavy atom. The summed E-state index contributed by atoms with van der Waals surface area (Å²) in [5.41, 5.74) is -0.937. The van der Waals surface area contributed by atoms with E-state index in [4.69, 9.17) is 18.9 Å². The standard InChI is InChI=1S/C19H29NO7/c1-18(2,3)27-17(21)9-10-25-12-19(4,5)13-26-14-7-8-15(20(22)23)16(11-14)24-6/h7-8,11H,9-10,12-13H2,1-6H3. The summed E-state index contributed by atoms with van der Waals surface area (Å²) in [4.78, 5) is 22.0. The molecule has 8 heteroatoms. The fourth-order valence-electron chi connectivity index (χ4n) is 2.12. The van der Waals surface area contributed by atoms with Crippen LogP contribution in [-0.2, 0) is 14.3 Å². The summed E-state index contributed by atoms with van der Waals surface area (Å²) < 4.78 is 21.5. The minimum atomic E-state index is -0.509. The van der Waals surface area contributed by atoms with E-state index in [9.17, 15) is 14.9 Å². The quantitative estimate of drug-likeness (QED) is 0.263. The highest BCUT2D eigenvalue weighted by atomic mass is 16.6. The molecule has 0 radical (unpaired) electrons. The van der Waals surface area contributed by atoms with Crippen LogP contribution >= 0.6 is 0 Å². The number of nitrogens with zero attached hydrogens (tertiary/aromatic N) is 1. The summed E-state index contributed by atoms with van der Waals surface area (Å²) >= 11 is 0. The van der Waals surface area contributed by atoms with Crippen molar-refractivity contribution in [2.24, 2.45) is 5.41 Å². The fourth-order valence-corrected chi connectivity index (χ4v) is 2.12. The average molecular weight is 383 g/mol. The maximum absolute atomic E-state index is 11.6. The van der Waals surface area contributed by atoms with Gasteiger partial charge in [0.05, 0.1) is 38.3 Å². The number of carbonyl (C=O) groups is 1. The molecule has 0 aromatic heterocycles. The molecule has 0 aliphatic carbocycles. The van der Waals surface area contributed by atoms with Crippen molar-refractivity contribution in [1.29, 1.82) is 0 Å². The highest BCUT2D eigenvalue weighted by molar-refractivity contribution is 5.69.